The summed E-state index contributed by atoms with van der Waals surface area (Å²) in [6.45, 7) is 0. The van der Waals surface area contributed by atoms with Crippen molar-refractivity contribution in [2.75, 3.05) is 5.43 Å². The van der Waals surface area contributed by atoms with Crippen LogP contribution in [0.15, 0.2) is 58.1 Å². The second kappa shape index (κ2) is 7.02. The molecule has 2 rings (SSSR count). The summed E-state index contributed by atoms with van der Waals surface area (Å²) in [6, 6.07) is 15.3. The Balaban J connectivity index is 2.19. The van der Waals surface area contributed by atoms with Crippen molar-refractivity contribution in [2.45, 2.75) is 0 Å². The van der Waals surface area contributed by atoms with Gasteiger partial charge in [-0.1, -0.05) is 33.6 Å². The number of carbonyl (C=O) groups is 1. The van der Waals surface area contributed by atoms with Crippen molar-refractivity contribution in [1.82, 2.24) is 0 Å². The van der Waals surface area contributed by atoms with E-state index in [4.69, 9.17) is 16.9 Å². The number of benzene rings is 2. The third-order valence-electron chi connectivity index (χ3n) is 2.55. The van der Waals surface area contributed by atoms with Crippen LogP contribution in [0.2, 0.25) is 5.02 Å². The molecule has 0 unspecified atom stereocenters. The fourth-order valence-electron chi connectivity index (χ4n) is 1.54. The van der Waals surface area contributed by atoms with Crippen LogP contribution in [-0.2, 0) is 0 Å². The summed E-state index contributed by atoms with van der Waals surface area (Å²) in [7, 11) is 0. The van der Waals surface area contributed by atoms with Gasteiger partial charge in [0.25, 0.3) is 0 Å². The van der Waals surface area contributed by atoms with Crippen LogP contribution in [0.1, 0.15) is 10.4 Å². The molecule has 0 aliphatic rings. The minimum absolute atomic E-state index is 0.225. The third-order valence-corrected chi connectivity index (χ3v) is 3.31. The van der Waals surface area contributed by atoms with Crippen LogP contribution < -0.4 is 5.43 Å². The molecule has 0 fully saturated rings. The van der Waals surface area contributed by atoms with E-state index < -0.39 is 5.78 Å². The Morgan fingerprint density at radius 3 is 2.57 bits per heavy atom. The molecule has 0 spiro atoms. The molecule has 0 saturated heterocycles. The standard InChI is InChI=1S/C15H9BrClN3O/c16-11-6-4-10(5-7-11)15(21)14(9-18)20-19-13-3-1-2-12(17)8-13/h1-8,19H/b20-14+. The number of ketones is 1. The Kier molecular flexibility index (Phi) is 5.09. The molecular weight excluding hydrogens is 354 g/mol. The monoisotopic (exact) mass is 361 g/mol. The lowest BCUT2D eigenvalue weighted by Gasteiger charge is -2.02. The molecule has 0 atom stereocenters. The first kappa shape index (κ1) is 15.2. The number of Topliss-reactive ketones (excluding diaryl/α,β-unsaturated/α-hetero) is 1. The first-order valence-corrected chi connectivity index (χ1v) is 7.07. The van der Waals surface area contributed by atoms with Crippen LogP contribution in [0.3, 0.4) is 0 Å². The van der Waals surface area contributed by atoms with Crippen molar-refractivity contribution in [3.05, 3.63) is 63.6 Å². The molecule has 0 radical (unpaired) electrons. The van der Waals surface area contributed by atoms with Gasteiger partial charge in [0.05, 0.1) is 5.69 Å². The topological polar surface area (TPSA) is 65.2 Å². The van der Waals surface area contributed by atoms with Gasteiger partial charge in [-0.15, -0.1) is 0 Å². The second-order valence-corrected chi connectivity index (χ2v) is 5.38. The first-order chi connectivity index (χ1) is 10.1. The van der Waals surface area contributed by atoms with Gasteiger partial charge in [0.2, 0.25) is 11.5 Å². The van der Waals surface area contributed by atoms with Crippen LogP contribution in [0.4, 0.5) is 5.69 Å². The number of nitriles is 1. The lowest BCUT2D eigenvalue weighted by Crippen LogP contribution is -2.14. The lowest BCUT2D eigenvalue weighted by atomic mass is 10.1. The van der Waals surface area contributed by atoms with Gasteiger partial charge in [-0.05, 0) is 42.5 Å². The largest absolute Gasteiger partial charge is 0.286 e. The number of halogens is 2. The zero-order valence-electron chi connectivity index (χ0n) is 10.7. The number of hydrazone groups is 1. The number of rotatable bonds is 4. The normalized spacial score (nSPS) is 10.8. The van der Waals surface area contributed by atoms with Crippen molar-refractivity contribution >= 4 is 44.7 Å². The fraction of sp³-hybridized carbons (Fsp3) is 0. The summed E-state index contributed by atoms with van der Waals surface area (Å²) in [5, 5.41) is 13.4. The summed E-state index contributed by atoms with van der Waals surface area (Å²) < 4.78 is 0.853. The van der Waals surface area contributed by atoms with E-state index in [-0.39, 0.29) is 5.71 Å². The highest BCUT2D eigenvalue weighted by molar-refractivity contribution is 9.10. The summed E-state index contributed by atoms with van der Waals surface area (Å²) >= 11 is 9.13. The summed E-state index contributed by atoms with van der Waals surface area (Å²) in [5.41, 5.74) is 3.42. The molecular formula is C15H9BrClN3O. The van der Waals surface area contributed by atoms with E-state index in [2.05, 4.69) is 26.5 Å². The predicted octanol–water partition coefficient (Wildman–Crippen LogP) is 4.28. The quantitative estimate of drug-likeness (QED) is 0.501. The van der Waals surface area contributed by atoms with Crippen molar-refractivity contribution in [1.29, 1.82) is 5.26 Å². The molecule has 0 amide bonds. The van der Waals surface area contributed by atoms with Gasteiger partial charge in [-0.2, -0.15) is 10.4 Å². The fourth-order valence-corrected chi connectivity index (χ4v) is 2.00. The molecule has 0 heterocycles. The van der Waals surface area contributed by atoms with Gasteiger partial charge in [0.15, 0.2) is 0 Å². The second-order valence-electron chi connectivity index (χ2n) is 4.03. The van der Waals surface area contributed by atoms with Crippen LogP contribution in [0.25, 0.3) is 0 Å². The van der Waals surface area contributed by atoms with Gasteiger partial charge in [-0.3, -0.25) is 10.2 Å². The maximum absolute atomic E-state index is 12.1. The molecule has 6 heteroatoms. The van der Waals surface area contributed by atoms with E-state index in [0.29, 0.717) is 16.3 Å². The third kappa shape index (κ3) is 4.15. The number of hydrogen-bond acceptors (Lipinski definition) is 4. The van der Waals surface area contributed by atoms with Crippen LogP contribution >= 0.6 is 27.5 Å². The maximum atomic E-state index is 12.1. The average molecular weight is 363 g/mol. The lowest BCUT2D eigenvalue weighted by molar-refractivity contribution is 0.106. The molecule has 0 aliphatic carbocycles. The van der Waals surface area contributed by atoms with Crippen LogP contribution in [0.5, 0.6) is 0 Å². The first-order valence-electron chi connectivity index (χ1n) is 5.90. The van der Waals surface area contributed by atoms with E-state index in [1.165, 1.54) is 0 Å². The van der Waals surface area contributed by atoms with Gasteiger partial charge in [0, 0.05) is 15.1 Å². The Bertz CT molecular complexity index is 735. The number of anilines is 1. The smallest absolute Gasteiger partial charge is 0.223 e. The maximum Gasteiger partial charge on any atom is 0.223 e. The highest BCUT2D eigenvalue weighted by Gasteiger charge is 2.13. The molecule has 0 bridgehead atoms. The molecule has 2 aromatic carbocycles. The molecule has 0 saturated carbocycles. The molecule has 2 aromatic rings. The van der Waals surface area contributed by atoms with Gasteiger partial charge in [0.1, 0.15) is 6.07 Å². The van der Waals surface area contributed by atoms with E-state index in [1.54, 1.807) is 54.6 Å². The summed E-state index contributed by atoms with van der Waals surface area (Å²) in [6.07, 6.45) is 0. The van der Waals surface area contributed by atoms with Crippen molar-refractivity contribution in [2.24, 2.45) is 5.10 Å². The molecule has 0 aromatic heterocycles. The number of carbonyl (C=O) groups excluding carboxylic acids is 1. The zero-order chi connectivity index (χ0) is 15.2. The van der Waals surface area contributed by atoms with Gasteiger partial charge < -0.3 is 0 Å². The Morgan fingerprint density at radius 1 is 1.24 bits per heavy atom. The van der Waals surface area contributed by atoms with E-state index in [1.807, 2.05) is 0 Å². The van der Waals surface area contributed by atoms with Crippen molar-refractivity contribution in [3.63, 3.8) is 0 Å². The number of nitrogens with zero attached hydrogens (tertiary/aromatic N) is 2. The highest BCUT2D eigenvalue weighted by Crippen LogP contribution is 2.15. The predicted molar refractivity (Wildman–Crippen MR) is 86.6 cm³/mol. The highest BCUT2D eigenvalue weighted by atomic mass is 79.9. The van der Waals surface area contributed by atoms with Gasteiger partial charge in [-0.25, -0.2) is 0 Å². The van der Waals surface area contributed by atoms with E-state index in [0.717, 1.165) is 4.47 Å². The minimum atomic E-state index is -0.445. The van der Waals surface area contributed by atoms with Crippen molar-refractivity contribution in [3.8, 4) is 6.07 Å². The molecule has 104 valence electrons. The molecule has 0 aliphatic heterocycles. The average Bonchev–Trinajstić information content (AvgIpc) is 2.48. The molecule has 4 nitrogen and oxygen atoms in total. The number of hydrogen-bond donors (Lipinski definition) is 1. The van der Waals surface area contributed by atoms with E-state index in [9.17, 15) is 4.79 Å². The van der Waals surface area contributed by atoms with E-state index >= 15 is 0 Å². The Hall–Kier alpha value is -2.16. The number of nitrogens with one attached hydrogen (secondary N) is 1. The molecule has 21 heavy (non-hydrogen) atoms. The minimum Gasteiger partial charge on any atom is -0.286 e. The van der Waals surface area contributed by atoms with Gasteiger partial charge >= 0.3 is 0 Å². The van der Waals surface area contributed by atoms with Crippen LogP contribution in [0, 0.1) is 11.3 Å². The SMILES string of the molecule is N#C/C(=N\Nc1cccc(Cl)c1)C(=O)c1ccc(Br)cc1. The Morgan fingerprint density at radius 2 is 1.95 bits per heavy atom. The summed E-state index contributed by atoms with van der Waals surface area (Å²) in [4.78, 5) is 12.1. The Labute approximate surface area is 135 Å². The van der Waals surface area contributed by atoms with Crippen LogP contribution in [-0.4, -0.2) is 11.5 Å². The summed E-state index contributed by atoms with van der Waals surface area (Å²) in [5.74, 6) is -0.445. The molecule has 1 N–H and O–H groups in total. The van der Waals surface area contributed by atoms with Crippen molar-refractivity contribution < 1.29 is 4.79 Å². The zero-order valence-corrected chi connectivity index (χ0v) is 13.0.